The van der Waals surface area contributed by atoms with Gasteiger partial charge in [-0.25, -0.2) is 17.6 Å². The second kappa shape index (κ2) is 11.1. The minimum atomic E-state index is -3.79. The van der Waals surface area contributed by atoms with Crippen LogP contribution in [-0.2, 0) is 14.8 Å². The van der Waals surface area contributed by atoms with Crippen molar-refractivity contribution in [2.24, 2.45) is 0 Å². The summed E-state index contributed by atoms with van der Waals surface area (Å²) in [6, 6.07) is 18.6. The summed E-state index contributed by atoms with van der Waals surface area (Å²) in [7, 11) is -2.41. The highest BCUT2D eigenvalue weighted by Gasteiger charge is 2.28. The highest BCUT2D eigenvalue weighted by Crippen LogP contribution is 2.29. The summed E-state index contributed by atoms with van der Waals surface area (Å²) in [5, 5.41) is 9.53. The third-order valence-corrected chi connectivity index (χ3v) is 6.40. The van der Waals surface area contributed by atoms with E-state index in [0.717, 1.165) is 10.6 Å². The Morgan fingerprint density at radius 2 is 1.68 bits per heavy atom. The average Bonchev–Trinajstić information content (AvgIpc) is 2.82. The first-order valence-electron chi connectivity index (χ1n) is 10.5. The van der Waals surface area contributed by atoms with Crippen LogP contribution in [0.3, 0.4) is 0 Å². The number of rotatable bonds is 10. The Morgan fingerprint density at radius 3 is 2.24 bits per heavy atom. The summed E-state index contributed by atoms with van der Waals surface area (Å²) in [6.07, 6.45) is 1.10. The van der Waals surface area contributed by atoms with Crippen molar-refractivity contribution in [1.82, 2.24) is 0 Å². The standard InChI is InChI=1S/C25H26FNO6S/c1-32-24-13-10-20(16-23(24)26)18-8-11-21(12-9-18)27(34(2,30)31)22(14-15-28)17-33-25(29)19-6-4-3-5-7-19/h3-13,16,22,28H,14-15,17H2,1-2H3/t22-/m1/s1. The normalized spacial score (nSPS) is 12.1. The zero-order valence-corrected chi connectivity index (χ0v) is 19.7. The van der Waals surface area contributed by atoms with Crippen LogP contribution in [-0.4, -0.2) is 52.1 Å². The number of sulfonamides is 1. The third-order valence-electron chi connectivity index (χ3n) is 5.17. The third kappa shape index (κ3) is 6.12. The Hall–Kier alpha value is -3.43. The summed E-state index contributed by atoms with van der Waals surface area (Å²) in [6.45, 7) is -0.546. The topological polar surface area (TPSA) is 93.1 Å². The fourth-order valence-electron chi connectivity index (χ4n) is 3.57. The van der Waals surface area contributed by atoms with E-state index < -0.39 is 27.9 Å². The molecule has 3 rings (SSSR count). The van der Waals surface area contributed by atoms with Crippen LogP contribution in [0.25, 0.3) is 11.1 Å². The van der Waals surface area contributed by atoms with E-state index in [9.17, 15) is 22.7 Å². The maximum absolute atomic E-state index is 14.1. The smallest absolute Gasteiger partial charge is 0.338 e. The van der Waals surface area contributed by atoms with Gasteiger partial charge in [0, 0.05) is 6.61 Å². The number of aliphatic hydroxyl groups is 1. The van der Waals surface area contributed by atoms with Crippen molar-refractivity contribution < 1.29 is 32.2 Å². The number of benzene rings is 3. The molecule has 0 saturated heterocycles. The molecule has 9 heteroatoms. The Kier molecular flexibility index (Phi) is 8.25. The molecular formula is C25H26FNO6S. The molecule has 34 heavy (non-hydrogen) atoms. The summed E-state index contributed by atoms with van der Waals surface area (Å²) in [5.74, 6) is -0.973. The number of anilines is 1. The van der Waals surface area contributed by atoms with Gasteiger partial charge in [0.25, 0.3) is 0 Å². The Balaban J connectivity index is 1.85. The molecule has 3 aromatic carbocycles. The first kappa shape index (κ1) is 25.2. The van der Waals surface area contributed by atoms with E-state index in [1.807, 2.05) is 0 Å². The van der Waals surface area contributed by atoms with Crippen molar-refractivity contribution in [3.8, 4) is 16.9 Å². The number of aliphatic hydroxyl groups excluding tert-OH is 1. The number of nitrogens with zero attached hydrogens (tertiary/aromatic N) is 1. The number of carbonyl (C=O) groups excluding carboxylic acids is 1. The number of carbonyl (C=O) groups is 1. The van der Waals surface area contributed by atoms with Gasteiger partial charge in [-0.1, -0.05) is 36.4 Å². The SMILES string of the molecule is COc1ccc(-c2ccc(N([C@H](CCO)COC(=O)c3ccccc3)S(C)(=O)=O)cc2)cc1F. The minimum Gasteiger partial charge on any atom is -0.494 e. The van der Waals surface area contributed by atoms with Crippen LogP contribution < -0.4 is 9.04 Å². The molecule has 0 aliphatic heterocycles. The number of halogens is 1. The van der Waals surface area contributed by atoms with Gasteiger partial charge in [-0.2, -0.15) is 0 Å². The first-order chi connectivity index (χ1) is 16.2. The largest absolute Gasteiger partial charge is 0.494 e. The van der Waals surface area contributed by atoms with Crippen LogP contribution in [0.4, 0.5) is 10.1 Å². The van der Waals surface area contributed by atoms with E-state index in [0.29, 0.717) is 22.4 Å². The first-order valence-corrected chi connectivity index (χ1v) is 12.4. The lowest BCUT2D eigenvalue weighted by Gasteiger charge is -2.31. The molecule has 0 aromatic heterocycles. The van der Waals surface area contributed by atoms with Gasteiger partial charge in [0.05, 0.1) is 30.7 Å². The predicted octanol–water partition coefficient (Wildman–Crippen LogP) is 3.88. The molecule has 7 nitrogen and oxygen atoms in total. The summed E-state index contributed by atoms with van der Waals surface area (Å²) in [5.41, 5.74) is 1.94. The van der Waals surface area contributed by atoms with E-state index in [1.54, 1.807) is 60.7 Å². The average molecular weight is 488 g/mol. The maximum Gasteiger partial charge on any atom is 0.338 e. The monoisotopic (exact) mass is 487 g/mol. The zero-order chi connectivity index (χ0) is 24.7. The fourth-order valence-corrected chi connectivity index (χ4v) is 4.78. The molecule has 1 atom stereocenters. The van der Waals surface area contributed by atoms with Crippen LogP contribution in [0.1, 0.15) is 16.8 Å². The lowest BCUT2D eigenvalue weighted by molar-refractivity contribution is 0.0472. The van der Waals surface area contributed by atoms with Crippen molar-refractivity contribution in [2.75, 3.05) is 30.9 Å². The van der Waals surface area contributed by atoms with E-state index in [-0.39, 0.29) is 25.4 Å². The summed E-state index contributed by atoms with van der Waals surface area (Å²) >= 11 is 0. The van der Waals surface area contributed by atoms with Crippen LogP contribution in [0, 0.1) is 5.82 Å². The van der Waals surface area contributed by atoms with Gasteiger partial charge in [0.15, 0.2) is 11.6 Å². The molecule has 0 saturated carbocycles. The van der Waals surface area contributed by atoms with Crippen molar-refractivity contribution in [3.05, 3.63) is 84.2 Å². The van der Waals surface area contributed by atoms with Gasteiger partial charge in [0.2, 0.25) is 10.0 Å². The number of methoxy groups -OCH3 is 1. The van der Waals surface area contributed by atoms with Crippen LogP contribution in [0.2, 0.25) is 0 Å². The van der Waals surface area contributed by atoms with E-state index in [4.69, 9.17) is 9.47 Å². The zero-order valence-electron chi connectivity index (χ0n) is 18.8. The molecule has 0 fully saturated rings. The second-order valence-electron chi connectivity index (χ2n) is 7.59. The van der Waals surface area contributed by atoms with Crippen molar-refractivity contribution in [2.45, 2.75) is 12.5 Å². The second-order valence-corrected chi connectivity index (χ2v) is 9.45. The molecule has 0 radical (unpaired) electrons. The van der Waals surface area contributed by atoms with Gasteiger partial charge in [0.1, 0.15) is 6.61 Å². The molecule has 0 amide bonds. The molecule has 0 bridgehead atoms. The highest BCUT2D eigenvalue weighted by atomic mass is 32.2. The van der Waals surface area contributed by atoms with Crippen LogP contribution in [0.15, 0.2) is 72.8 Å². The Morgan fingerprint density at radius 1 is 1.03 bits per heavy atom. The number of hydrogen-bond donors (Lipinski definition) is 1. The molecule has 0 aliphatic rings. The number of esters is 1. The Labute approximate surface area is 198 Å². The molecule has 180 valence electrons. The molecule has 0 spiro atoms. The lowest BCUT2D eigenvalue weighted by Crippen LogP contribution is -2.43. The van der Waals surface area contributed by atoms with Crippen LogP contribution in [0.5, 0.6) is 5.75 Å². The highest BCUT2D eigenvalue weighted by molar-refractivity contribution is 7.92. The number of ether oxygens (including phenoxy) is 2. The van der Waals surface area contributed by atoms with E-state index in [2.05, 4.69) is 0 Å². The summed E-state index contributed by atoms with van der Waals surface area (Å²) in [4.78, 5) is 12.3. The molecule has 0 heterocycles. The predicted molar refractivity (Wildman–Crippen MR) is 128 cm³/mol. The van der Waals surface area contributed by atoms with Crippen molar-refractivity contribution >= 4 is 21.7 Å². The van der Waals surface area contributed by atoms with Gasteiger partial charge >= 0.3 is 5.97 Å². The fraction of sp³-hybridized carbons (Fsp3) is 0.240. The van der Waals surface area contributed by atoms with Crippen molar-refractivity contribution in [1.29, 1.82) is 0 Å². The van der Waals surface area contributed by atoms with E-state index in [1.165, 1.54) is 19.2 Å². The van der Waals surface area contributed by atoms with Crippen molar-refractivity contribution in [3.63, 3.8) is 0 Å². The van der Waals surface area contributed by atoms with Gasteiger partial charge in [-0.15, -0.1) is 0 Å². The molecule has 0 aliphatic carbocycles. The van der Waals surface area contributed by atoms with E-state index >= 15 is 0 Å². The summed E-state index contributed by atoms with van der Waals surface area (Å²) < 4.78 is 50.9. The molecular weight excluding hydrogens is 461 g/mol. The Bertz CT molecular complexity index is 1220. The van der Waals surface area contributed by atoms with Crippen LogP contribution >= 0.6 is 0 Å². The van der Waals surface area contributed by atoms with Gasteiger partial charge < -0.3 is 14.6 Å². The molecule has 1 N–H and O–H groups in total. The molecule has 3 aromatic rings. The lowest BCUT2D eigenvalue weighted by atomic mass is 10.0. The van der Waals surface area contributed by atoms with Gasteiger partial charge in [-0.05, 0) is 53.9 Å². The van der Waals surface area contributed by atoms with Gasteiger partial charge in [-0.3, -0.25) is 4.31 Å². The minimum absolute atomic E-state index is 0.0561. The quantitative estimate of drug-likeness (QED) is 0.437. The maximum atomic E-state index is 14.1. The number of hydrogen-bond acceptors (Lipinski definition) is 6. The molecule has 0 unspecified atom stereocenters.